The molecule has 29 heavy (non-hydrogen) atoms. The third kappa shape index (κ3) is 7.26. The second-order valence-electron chi connectivity index (χ2n) is 8.07. The minimum atomic E-state index is -0.763. The second kappa shape index (κ2) is 10.1. The van der Waals surface area contributed by atoms with Crippen LogP contribution in [0.2, 0.25) is 0 Å². The van der Waals surface area contributed by atoms with Gasteiger partial charge in [0.15, 0.2) is 0 Å². The summed E-state index contributed by atoms with van der Waals surface area (Å²) in [5.41, 5.74) is 2.35. The number of hydrogen-bond donors (Lipinski definition) is 0. The van der Waals surface area contributed by atoms with Gasteiger partial charge in [0.2, 0.25) is 0 Å². The first-order valence-electron chi connectivity index (χ1n) is 9.95. The lowest BCUT2D eigenvalue weighted by Gasteiger charge is -2.31. The van der Waals surface area contributed by atoms with Crippen molar-refractivity contribution in [2.75, 3.05) is 6.54 Å². The summed E-state index contributed by atoms with van der Waals surface area (Å²) in [5, 5.41) is 0. The minimum Gasteiger partial charge on any atom is -0.459 e. The molecule has 2 aromatic rings. The van der Waals surface area contributed by atoms with Gasteiger partial charge in [-0.3, -0.25) is 4.90 Å². The van der Waals surface area contributed by atoms with Crippen LogP contribution in [0.4, 0.5) is 4.79 Å². The molecule has 0 heterocycles. The van der Waals surface area contributed by atoms with E-state index in [0.29, 0.717) is 13.0 Å². The van der Waals surface area contributed by atoms with Crippen molar-refractivity contribution in [3.63, 3.8) is 0 Å². The zero-order chi connectivity index (χ0) is 21.4. The van der Waals surface area contributed by atoms with Crippen molar-refractivity contribution < 1.29 is 19.1 Å². The van der Waals surface area contributed by atoms with E-state index in [1.54, 1.807) is 20.8 Å². The summed E-state index contributed by atoms with van der Waals surface area (Å²) in [7, 11) is 0. The zero-order valence-corrected chi connectivity index (χ0v) is 18.0. The van der Waals surface area contributed by atoms with E-state index >= 15 is 0 Å². The van der Waals surface area contributed by atoms with Crippen LogP contribution in [0.25, 0.3) is 0 Å². The molecule has 156 valence electrons. The maximum absolute atomic E-state index is 13.0. The van der Waals surface area contributed by atoms with Crippen molar-refractivity contribution in [3.8, 4) is 0 Å². The molecular weight excluding hydrogens is 366 g/mol. The van der Waals surface area contributed by atoms with Crippen molar-refractivity contribution in [3.05, 3.63) is 71.3 Å². The van der Waals surface area contributed by atoms with Crippen molar-refractivity contribution in [1.82, 2.24) is 4.90 Å². The molecule has 0 aliphatic heterocycles. The monoisotopic (exact) mass is 397 g/mol. The van der Waals surface area contributed by atoms with Crippen LogP contribution in [0.5, 0.6) is 0 Å². The molecule has 0 saturated carbocycles. The second-order valence-corrected chi connectivity index (χ2v) is 8.07. The summed E-state index contributed by atoms with van der Waals surface area (Å²) in [4.78, 5) is 27.2. The molecule has 0 spiro atoms. The fourth-order valence-electron chi connectivity index (χ4n) is 2.89. The third-order valence-corrected chi connectivity index (χ3v) is 4.39. The Balaban J connectivity index is 2.21. The molecule has 0 aliphatic rings. The molecule has 0 fully saturated rings. The molecule has 0 aromatic heterocycles. The first-order chi connectivity index (χ1) is 13.7. The summed E-state index contributed by atoms with van der Waals surface area (Å²) in [6.07, 6.45) is -0.158. The van der Waals surface area contributed by atoms with Gasteiger partial charge in [-0.25, -0.2) is 9.59 Å². The maximum atomic E-state index is 13.0. The smallest absolute Gasteiger partial charge is 0.411 e. The highest BCUT2D eigenvalue weighted by Gasteiger charge is 2.33. The van der Waals surface area contributed by atoms with Gasteiger partial charge in [0.25, 0.3) is 0 Å². The Bertz CT molecular complexity index is 794. The van der Waals surface area contributed by atoms with E-state index in [0.717, 1.165) is 16.7 Å². The first kappa shape index (κ1) is 22.5. The van der Waals surface area contributed by atoms with Gasteiger partial charge in [-0.1, -0.05) is 60.2 Å². The number of benzene rings is 2. The van der Waals surface area contributed by atoms with Crippen molar-refractivity contribution in [2.24, 2.45) is 0 Å². The molecule has 1 atom stereocenters. The van der Waals surface area contributed by atoms with E-state index in [-0.39, 0.29) is 6.61 Å². The Labute approximate surface area is 173 Å². The topological polar surface area (TPSA) is 55.8 Å². The Morgan fingerprint density at radius 3 is 2.14 bits per heavy atom. The molecule has 5 heteroatoms. The molecule has 5 nitrogen and oxygen atoms in total. The average molecular weight is 398 g/mol. The maximum Gasteiger partial charge on any atom is 0.411 e. The van der Waals surface area contributed by atoms with Gasteiger partial charge in [-0.05, 0) is 45.7 Å². The molecule has 0 radical (unpaired) electrons. The van der Waals surface area contributed by atoms with Gasteiger partial charge in [-0.2, -0.15) is 0 Å². The SMILES string of the molecule is CCN(C(=O)OC(C)(C)C)C(Cc1ccc(C)cc1)C(=O)OCc1ccccc1. The van der Waals surface area contributed by atoms with Crippen molar-refractivity contribution in [1.29, 1.82) is 0 Å². The molecule has 2 aromatic carbocycles. The van der Waals surface area contributed by atoms with E-state index in [1.807, 2.05) is 68.4 Å². The lowest BCUT2D eigenvalue weighted by atomic mass is 10.0. The number of aryl methyl sites for hydroxylation is 1. The predicted molar refractivity (Wildman–Crippen MR) is 114 cm³/mol. The predicted octanol–water partition coefficient (Wildman–Crippen LogP) is 4.91. The molecule has 2 rings (SSSR count). The minimum absolute atomic E-state index is 0.163. The number of likely N-dealkylation sites (N-methyl/N-ethyl adjacent to an activating group) is 1. The number of amides is 1. The molecule has 1 amide bonds. The van der Waals surface area contributed by atoms with Crippen LogP contribution in [-0.4, -0.2) is 35.2 Å². The van der Waals surface area contributed by atoms with Gasteiger partial charge >= 0.3 is 12.1 Å². The Hall–Kier alpha value is -2.82. The van der Waals surface area contributed by atoms with E-state index < -0.39 is 23.7 Å². The number of rotatable bonds is 7. The molecule has 0 N–H and O–H groups in total. The van der Waals surface area contributed by atoms with E-state index in [4.69, 9.17) is 9.47 Å². The molecule has 0 aliphatic carbocycles. The van der Waals surface area contributed by atoms with Gasteiger partial charge in [0, 0.05) is 13.0 Å². The van der Waals surface area contributed by atoms with Crippen LogP contribution >= 0.6 is 0 Å². The normalized spacial score (nSPS) is 12.2. The highest BCUT2D eigenvalue weighted by molar-refractivity contribution is 5.82. The number of esters is 1. The summed E-state index contributed by atoms with van der Waals surface area (Å²) in [5.74, 6) is -0.442. The molecular formula is C24H31NO4. The zero-order valence-electron chi connectivity index (χ0n) is 18.0. The summed E-state index contributed by atoms with van der Waals surface area (Å²) < 4.78 is 11.1. The van der Waals surface area contributed by atoms with E-state index in [9.17, 15) is 9.59 Å². The Morgan fingerprint density at radius 1 is 0.966 bits per heavy atom. The van der Waals surface area contributed by atoms with Gasteiger partial charge in [-0.15, -0.1) is 0 Å². The van der Waals surface area contributed by atoms with Crippen LogP contribution in [0.1, 0.15) is 44.4 Å². The number of carbonyl (C=O) groups is 2. The number of nitrogens with zero attached hydrogens (tertiary/aromatic N) is 1. The van der Waals surface area contributed by atoms with Crippen LogP contribution < -0.4 is 0 Å². The third-order valence-electron chi connectivity index (χ3n) is 4.39. The number of carbonyl (C=O) groups excluding carboxylic acids is 2. The van der Waals surface area contributed by atoms with Crippen LogP contribution in [0, 0.1) is 6.92 Å². The van der Waals surface area contributed by atoms with E-state index in [1.165, 1.54) is 4.90 Å². The Morgan fingerprint density at radius 2 is 1.59 bits per heavy atom. The first-order valence-corrected chi connectivity index (χ1v) is 9.95. The van der Waals surface area contributed by atoms with Gasteiger partial charge in [0.05, 0.1) is 0 Å². The van der Waals surface area contributed by atoms with Crippen LogP contribution in [0.15, 0.2) is 54.6 Å². The summed E-state index contributed by atoms with van der Waals surface area (Å²) >= 11 is 0. The number of ether oxygens (including phenoxy) is 2. The Kier molecular flexibility index (Phi) is 7.82. The lowest BCUT2D eigenvalue weighted by Crippen LogP contribution is -2.48. The summed E-state index contributed by atoms with van der Waals surface area (Å²) in [6, 6.07) is 16.6. The van der Waals surface area contributed by atoms with Crippen LogP contribution in [-0.2, 0) is 27.3 Å². The quantitative estimate of drug-likeness (QED) is 0.623. The van der Waals surface area contributed by atoms with Crippen molar-refractivity contribution in [2.45, 2.75) is 59.3 Å². The highest BCUT2D eigenvalue weighted by Crippen LogP contribution is 2.17. The average Bonchev–Trinajstić information content (AvgIpc) is 2.67. The highest BCUT2D eigenvalue weighted by atomic mass is 16.6. The van der Waals surface area contributed by atoms with Gasteiger partial charge in [0.1, 0.15) is 18.2 Å². The van der Waals surface area contributed by atoms with Crippen molar-refractivity contribution >= 4 is 12.1 Å². The van der Waals surface area contributed by atoms with E-state index in [2.05, 4.69) is 0 Å². The fraction of sp³-hybridized carbons (Fsp3) is 0.417. The fourth-order valence-corrected chi connectivity index (χ4v) is 2.89. The van der Waals surface area contributed by atoms with Crippen LogP contribution in [0.3, 0.4) is 0 Å². The molecule has 0 saturated heterocycles. The standard InChI is InChI=1S/C24H31NO4/c1-6-25(23(27)29-24(3,4)5)21(16-19-14-12-18(2)13-15-19)22(26)28-17-20-10-8-7-9-11-20/h7-15,21H,6,16-17H2,1-5H3. The lowest BCUT2D eigenvalue weighted by molar-refractivity contribution is -0.151. The number of hydrogen-bond acceptors (Lipinski definition) is 4. The summed E-state index contributed by atoms with van der Waals surface area (Å²) in [6.45, 7) is 9.76. The molecule has 1 unspecified atom stereocenters. The van der Waals surface area contributed by atoms with Gasteiger partial charge < -0.3 is 9.47 Å². The largest absolute Gasteiger partial charge is 0.459 e. The molecule has 0 bridgehead atoms.